The fourth-order valence-corrected chi connectivity index (χ4v) is 2.32. The summed E-state index contributed by atoms with van der Waals surface area (Å²) in [4.78, 5) is 40.3. The Labute approximate surface area is 115 Å². The van der Waals surface area contributed by atoms with E-state index < -0.39 is 11.2 Å². The van der Waals surface area contributed by atoms with Gasteiger partial charge in [-0.25, -0.2) is 9.78 Å². The monoisotopic (exact) mass is 278 g/mol. The van der Waals surface area contributed by atoms with E-state index in [2.05, 4.69) is 4.98 Å². The molecule has 0 saturated carbocycles. The van der Waals surface area contributed by atoms with Crippen LogP contribution in [0.4, 0.5) is 0 Å². The Kier molecular flexibility index (Phi) is 3.61. The molecule has 108 valence electrons. The van der Waals surface area contributed by atoms with Crippen molar-refractivity contribution in [3.63, 3.8) is 0 Å². The lowest BCUT2D eigenvalue weighted by Gasteiger charge is -2.14. The van der Waals surface area contributed by atoms with Gasteiger partial charge >= 0.3 is 5.69 Å². The summed E-state index contributed by atoms with van der Waals surface area (Å²) in [5.74, 6) is -0.349. The van der Waals surface area contributed by atoms with Crippen LogP contribution in [-0.2, 0) is 25.4 Å². The largest absolute Gasteiger partial charge is 0.332 e. The molecule has 2 rings (SSSR count). The summed E-state index contributed by atoms with van der Waals surface area (Å²) >= 11 is 0. The number of nitrogens with zero attached hydrogens (tertiary/aromatic N) is 4. The van der Waals surface area contributed by atoms with Crippen LogP contribution in [0.3, 0.4) is 0 Å². The molecule has 0 bridgehead atoms. The Morgan fingerprint density at radius 3 is 2.55 bits per heavy atom. The minimum absolute atomic E-state index is 0.0217. The smallest absolute Gasteiger partial charge is 0.328 e. The minimum Gasteiger partial charge on any atom is -0.328 e. The molecule has 7 nitrogen and oxygen atoms in total. The first-order valence-electron chi connectivity index (χ1n) is 6.49. The third-order valence-corrected chi connectivity index (χ3v) is 3.67. The van der Waals surface area contributed by atoms with Crippen molar-refractivity contribution >= 4 is 16.9 Å². The first-order valence-corrected chi connectivity index (χ1v) is 6.49. The quantitative estimate of drug-likeness (QED) is 0.791. The third kappa shape index (κ3) is 2.09. The number of hydrogen-bond acceptors (Lipinski definition) is 4. The summed E-state index contributed by atoms with van der Waals surface area (Å²) < 4.78 is 4.05. The third-order valence-electron chi connectivity index (χ3n) is 3.67. The van der Waals surface area contributed by atoms with Crippen LogP contribution in [0, 0.1) is 5.92 Å². The van der Waals surface area contributed by atoms with Crippen LogP contribution in [-0.4, -0.2) is 24.5 Å². The van der Waals surface area contributed by atoms with Crippen molar-refractivity contribution < 1.29 is 4.79 Å². The number of carbonyl (C=O) groups is 1. The first kappa shape index (κ1) is 14.2. The molecule has 2 aromatic heterocycles. The van der Waals surface area contributed by atoms with Crippen molar-refractivity contribution in [1.82, 2.24) is 18.7 Å². The molecule has 0 radical (unpaired) electrons. The van der Waals surface area contributed by atoms with Crippen LogP contribution in [0.5, 0.6) is 0 Å². The van der Waals surface area contributed by atoms with E-state index in [0.29, 0.717) is 17.6 Å². The standard InChI is InChI=1S/C13H18N4O3/c1-5-9(8(2)18)6-17-12(19)10-11(14-7-15(10)3)16(4)13(17)20/h7,9H,5-6H2,1-4H3. The van der Waals surface area contributed by atoms with Gasteiger partial charge in [0.05, 0.1) is 6.33 Å². The second-order valence-electron chi connectivity index (χ2n) is 5.00. The van der Waals surface area contributed by atoms with Gasteiger partial charge in [0.25, 0.3) is 5.56 Å². The molecule has 1 unspecified atom stereocenters. The van der Waals surface area contributed by atoms with Gasteiger partial charge in [-0.3, -0.25) is 18.7 Å². The van der Waals surface area contributed by atoms with Gasteiger partial charge in [-0.05, 0) is 13.3 Å². The summed E-state index contributed by atoms with van der Waals surface area (Å²) in [5, 5.41) is 0. The number of aryl methyl sites for hydroxylation is 2. The normalized spacial score (nSPS) is 12.8. The molecule has 0 amide bonds. The Morgan fingerprint density at radius 2 is 2.00 bits per heavy atom. The zero-order chi connectivity index (χ0) is 15.0. The van der Waals surface area contributed by atoms with E-state index in [9.17, 15) is 14.4 Å². The number of aromatic nitrogens is 4. The molecule has 0 saturated heterocycles. The van der Waals surface area contributed by atoms with Crippen LogP contribution in [0.1, 0.15) is 20.3 Å². The second-order valence-corrected chi connectivity index (χ2v) is 5.00. The Hall–Kier alpha value is -2.18. The molecular weight excluding hydrogens is 260 g/mol. The van der Waals surface area contributed by atoms with Crippen molar-refractivity contribution in [2.75, 3.05) is 0 Å². The van der Waals surface area contributed by atoms with Crippen LogP contribution >= 0.6 is 0 Å². The lowest BCUT2D eigenvalue weighted by atomic mass is 10.0. The summed E-state index contributed by atoms with van der Waals surface area (Å²) in [5.41, 5.74) is -0.121. The summed E-state index contributed by atoms with van der Waals surface area (Å²) in [6, 6.07) is 0. The molecular formula is C13H18N4O3. The van der Waals surface area contributed by atoms with E-state index >= 15 is 0 Å². The Morgan fingerprint density at radius 1 is 1.35 bits per heavy atom. The number of carbonyl (C=O) groups excluding carboxylic acids is 1. The maximum Gasteiger partial charge on any atom is 0.332 e. The minimum atomic E-state index is -0.444. The van der Waals surface area contributed by atoms with E-state index in [0.717, 1.165) is 4.57 Å². The SMILES string of the molecule is CCC(Cn1c(=O)c2c(ncn2C)n(C)c1=O)C(C)=O. The van der Waals surface area contributed by atoms with Crippen LogP contribution in [0.2, 0.25) is 0 Å². The number of Topliss-reactive ketones (excluding diaryl/α,β-unsaturated/α-hetero) is 1. The highest BCUT2D eigenvalue weighted by atomic mass is 16.2. The number of hydrogen-bond donors (Lipinski definition) is 0. The van der Waals surface area contributed by atoms with Gasteiger partial charge in [-0.1, -0.05) is 6.92 Å². The van der Waals surface area contributed by atoms with Crippen molar-refractivity contribution in [3.05, 3.63) is 27.2 Å². The molecule has 1 atom stereocenters. The summed E-state index contributed by atoms with van der Waals surface area (Å²) in [6.45, 7) is 3.45. The van der Waals surface area contributed by atoms with Gasteiger partial charge in [-0.2, -0.15) is 0 Å². The molecule has 0 aliphatic rings. The Bertz CT molecular complexity index is 781. The van der Waals surface area contributed by atoms with Crippen molar-refractivity contribution in [2.45, 2.75) is 26.8 Å². The number of ketones is 1. The van der Waals surface area contributed by atoms with E-state index in [-0.39, 0.29) is 18.2 Å². The fourth-order valence-electron chi connectivity index (χ4n) is 2.32. The van der Waals surface area contributed by atoms with E-state index in [1.807, 2.05) is 6.92 Å². The van der Waals surface area contributed by atoms with E-state index in [1.54, 1.807) is 18.7 Å². The highest BCUT2D eigenvalue weighted by molar-refractivity contribution is 5.78. The molecule has 0 N–H and O–H groups in total. The van der Waals surface area contributed by atoms with Gasteiger partial charge in [0, 0.05) is 26.6 Å². The topological polar surface area (TPSA) is 78.9 Å². The fraction of sp³-hybridized carbons (Fsp3) is 0.538. The summed E-state index contributed by atoms with van der Waals surface area (Å²) in [7, 11) is 3.27. The average Bonchev–Trinajstić information content (AvgIpc) is 2.78. The van der Waals surface area contributed by atoms with Gasteiger partial charge in [0.15, 0.2) is 11.2 Å². The predicted octanol–water partition coefficient (Wildman–Crippen LogP) is 0.0489. The summed E-state index contributed by atoms with van der Waals surface area (Å²) in [6.07, 6.45) is 2.09. The molecule has 0 spiro atoms. The first-order chi connectivity index (χ1) is 9.38. The van der Waals surface area contributed by atoms with Crippen LogP contribution in [0.25, 0.3) is 11.2 Å². The highest BCUT2D eigenvalue weighted by Crippen LogP contribution is 2.07. The number of fused-ring (bicyclic) bond motifs is 1. The van der Waals surface area contributed by atoms with Crippen molar-refractivity contribution in [1.29, 1.82) is 0 Å². The molecule has 0 aliphatic heterocycles. The molecule has 2 aromatic rings. The molecule has 7 heteroatoms. The number of imidazole rings is 1. The zero-order valence-electron chi connectivity index (χ0n) is 12.1. The van der Waals surface area contributed by atoms with E-state index in [1.165, 1.54) is 17.8 Å². The maximum atomic E-state index is 12.4. The molecule has 2 heterocycles. The van der Waals surface area contributed by atoms with E-state index in [4.69, 9.17) is 0 Å². The van der Waals surface area contributed by atoms with Crippen molar-refractivity contribution in [2.24, 2.45) is 20.0 Å². The highest BCUT2D eigenvalue weighted by Gasteiger charge is 2.19. The van der Waals surface area contributed by atoms with Gasteiger partial charge in [0.1, 0.15) is 5.78 Å². The lowest BCUT2D eigenvalue weighted by Crippen LogP contribution is -2.41. The second kappa shape index (κ2) is 5.07. The van der Waals surface area contributed by atoms with Gasteiger partial charge in [0.2, 0.25) is 0 Å². The maximum absolute atomic E-state index is 12.4. The molecule has 20 heavy (non-hydrogen) atoms. The molecule has 0 aliphatic carbocycles. The van der Waals surface area contributed by atoms with Gasteiger partial charge in [-0.15, -0.1) is 0 Å². The molecule has 0 aromatic carbocycles. The predicted molar refractivity (Wildman–Crippen MR) is 74.7 cm³/mol. The Balaban J connectivity index is 2.71. The van der Waals surface area contributed by atoms with Gasteiger partial charge < -0.3 is 4.57 Å². The average molecular weight is 278 g/mol. The lowest BCUT2D eigenvalue weighted by molar-refractivity contribution is -0.121. The van der Waals surface area contributed by atoms with Crippen molar-refractivity contribution in [3.8, 4) is 0 Å². The van der Waals surface area contributed by atoms with Crippen LogP contribution < -0.4 is 11.2 Å². The number of rotatable bonds is 4. The zero-order valence-corrected chi connectivity index (χ0v) is 12.1. The molecule has 0 fully saturated rings. The van der Waals surface area contributed by atoms with Crippen LogP contribution in [0.15, 0.2) is 15.9 Å².